The fraction of sp³-hybridized carbons (Fsp3) is 0.462. The second-order valence-electron chi connectivity index (χ2n) is 4.38. The monoisotopic (exact) mass is 234 g/mol. The Bertz CT molecular complexity index is 491. The standard InChI is InChI=1S/C13H18N2O2/c1-9(2)13-14-11-5-4-10(8-12(11)15-13)17-7-3-6-16/h4-5,8-9,16H,3,6-7H2,1-2H3,(H,14,15). The molecule has 0 spiro atoms. The van der Waals surface area contributed by atoms with Crippen LogP contribution in [0.5, 0.6) is 5.75 Å². The average molecular weight is 234 g/mol. The Morgan fingerprint density at radius 3 is 2.94 bits per heavy atom. The van der Waals surface area contributed by atoms with Crippen LogP contribution in [0.4, 0.5) is 0 Å². The molecule has 0 unspecified atom stereocenters. The van der Waals surface area contributed by atoms with E-state index in [1.54, 1.807) is 0 Å². The molecule has 0 fully saturated rings. The second-order valence-corrected chi connectivity index (χ2v) is 4.38. The molecule has 0 aliphatic carbocycles. The predicted molar refractivity (Wildman–Crippen MR) is 67.4 cm³/mol. The number of imidazole rings is 1. The van der Waals surface area contributed by atoms with Gasteiger partial charge in [-0.25, -0.2) is 4.98 Å². The van der Waals surface area contributed by atoms with Gasteiger partial charge in [0.25, 0.3) is 0 Å². The molecule has 2 N–H and O–H groups in total. The summed E-state index contributed by atoms with van der Waals surface area (Å²) in [5, 5.41) is 8.68. The molecule has 4 nitrogen and oxygen atoms in total. The van der Waals surface area contributed by atoms with Gasteiger partial charge in [0.05, 0.1) is 17.6 Å². The summed E-state index contributed by atoms with van der Waals surface area (Å²) in [6, 6.07) is 5.81. The van der Waals surface area contributed by atoms with E-state index in [4.69, 9.17) is 9.84 Å². The van der Waals surface area contributed by atoms with Gasteiger partial charge in [0, 0.05) is 25.0 Å². The van der Waals surface area contributed by atoms with Crippen molar-refractivity contribution in [2.75, 3.05) is 13.2 Å². The van der Waals surface area contributed by atoms with Gasteiger partial charge in [0.1, 0.15) is 11.6 Å². The predicted octanol–water partition coefficient (Wildman–Crippen LogP) is 2.45. The van der Waals surface area contributed by atoms with Crippen molar-refractivity contribution in [3.63, 3.8) is 0 Å². The van der Waals surface area contributed by atoms with Crippen LogP contribution < -0.4 is 4.74 Å². The van der Waals surface area contributed by atoms with E-state index < -0.39 is 0 Å². The number of aromatic nitrogens is 2. The summed E-state index contributed by atoms with van der Waals surface area (Å²) in [5.41, 5.74) is 1.96. The lowest BCUT2D eigenvalue weighted by Crippen LogP contribution is -1.99. The summed E-state index contributed by atoms with van der Waals surface area (Å²) in [4.78, 5) is 7.78. The van der Waals surface area contributed by atoms with Crippen LogP contribution in [0.3, 0.4) is 0 Å². The number of fused-ring (bicyclic) bond motifs is 1. The van der Waals surface area contributed by atoms with Crippen LogP contribution in [0.15, 0.2) is 18.2 Å². The number of rotatable bonds is 5. The smallest absolute Gasteiger partial charge is 0.121 e. The van der Waals surface area contributed by atoms with Gasteiger partial charge < -0.3 is 14.8 Å². The molecule has 92 valence electrons. The zero-order valence-electron chi connectivity index (χ0n) is 10.2. The van der Waals surface area contributed by atoms with Crippen molar-refractivity contribution in [3.8, 4) is 5.75 Å². The third-order valence-electron chi connectivity index (χ3n) is 2.59. The first-order chi connectivity index (χ1) is 8.20. The summed E-state index contributed by atoms with van der Waals surface area (Å²) in [7, 11) is 0. The number of aliphatic hydroxyl groups excluding tert-OH is 1. The van der Waals surface area contributed by atoms with Crippen LogP contribution in [0.25, 0.3) is 11.0 Å². The van der Waals surface area contributed by atoms with E-state index in [2.05, 4.69) is 23.8 Å². The van der Waals surface area contributed by atoms with Crippen molar-refractivity contribution in [1.82, 2.24) is 9.97 Å². The molecule has 0 saturated carbocycles. The van der Waals surface area contributed by atoms with Crippen LogP contribution in [-0.2, 0) is 0 Å². The summed E-state index contributed by atoms with van der Waals surface area (Å²) >= 11 is 0. The highest BCUT2D eigenvalue weighted by Gasteiger charge is 2.06. The molecule has 0 amide bonds. The Balaban J connectivity index is 2.18. The molecule has 1 aromatic heterocycles. The molecular weight excluding hydrogens is 216 g/mol. The first kappa shape index (κ1) is 11.9. The molecule has 0 radical (unpaired) electrons. The van der Waals surface area contributed by atoms with Gasteiger partial charge in [-0.2, -0.15) is 0 Å². The van der Waals surface area contributed by atoms with Crippen molar-refractivity contribution in [2.24, 2.45) is 0 Å². The molecular formula is C13H18N2O2. The molecule has 0 saturated heterocycles. The van der Waals surface area contributed by atoms with E-state index in [-0.39, 0.29) is 6.61 Å². The molecule has 0 aliphatic heterocycles. The van der Waals surface area contributed by atoms with Crippen molar-refractivity contribution < 1.29 is 9.84 Å². The van der Waals surface area contributed by atoms with Crippen LogP contribution in [-0.4, -0.2) is 28.3 Å². The van der Waals surface area contributed by atoms with Gasteiger partial charge in [-0.15, -0.1) is 0 Å². The average Bonchev–Trinajstić information content (AvgIpc) is 2.72. The fourth-order valence-corrected chi connectivity index (χ4v) is 1.63. The summed E-state index contributed by atoms with van der Waals surface area (Å²) < 4.78 is 5.52. The molecule has 2 aromatic rings. The van der Waals surface area contributed by atoms with Crippen molar-refractivity contribution in [1.29, 1.82) is 0 Å². The van der Waals surface area contributed by atoms with Crippen LogP contribution in [0.1, 0.15) is 32.0 Å². The van der Waals surface area contributed by atoms with E-state index in [0.29, 0.717) is 18.9 Å². The molecule has 0 bridgehead atoms. The molecule has 0 aliphatic rings. The Morgan fingerprint density at radius 1 is 1.41 bits per heavy atom. The lowest BCUT2D eigenvalue weighted by Gasteiger charge is -2.04. The largest absolute Gasteiger partial charge is 0.493 e. The topological polar surface area (TPSA) is 58.1 Å². The van der Waals surface area contributed by atoms with Crippen molar-refractivity contribution in [2.45, 2.75) is 26.2 Å². The van der Waals surface area contributed by atoms with Gasteiger partial charge in [-0.3, -0.25) is 0 Å². The number of nitrogens with one attached hydrogen (secondary N) is 1. The number of hydrogen-bond acceptors (Lipinski definition) is 3. The highest BCUT2D eigenvalue weighted by Crippen LogP contribution is 2.21. The van der Waals surface area contributed by atoms with E-state index in [9.17, 15) is 0 Å². The van der Waals surface area contributed by atoms with Gasteiger partial charge in [-0.1, -0.05) is 13.8 Å². The van der Waals surface area contributed by atoms with E-state index >= 15 is 0 Å². The number of aromatic amines is 1. The number of nitrogens with zero attached hydrogens (tertiary/aromatic N) is 1. The normalized spacial score (nSPS) is 11.3. The van der Waals surface area contributed by atoms with Crippen LogP contribution in [0.2, 0.25) is 0 Å². The second kappa shape index (κ2) is 5.19. The quantitative estimate of drug-likeness (QED) is 0.781. The van der Waals surface area contributed by atoms with E-state index in [1.807, 2.05) is 18.2 Å². The number of H-pyrrole nitrogens is 1. The summed E-state index contributed by atoms with van der Waals surface area (Å²) in [5.74, 6) is 2.19. The lowest BCUT2D eigenvalue weighted by atomic mass is 10.2. The summed E-state index contributed by atoms with van der Waals surface area (Å²) in [6.45, 7) is 4.91. The Kier molecular flexibility index (Phi) is 3.64. The molecule has 2 rings (SSSR count). The molecule has 1 aromatic carbocycles. The van der Waals surface area contributed by atoms with Crippen molar-refractivity contribution >= 4 is 11.0 Å². The maximum atomic E-state index is 8.68. The molecule has 1 heterocycles. The minimum absolute atomic E-state index is 0.157. The zero-order chi connectivity index (χ0) is 12.3. The van der Waals surface area contributed by atoms with Gasteiger partial charge in [-0.05, 0) is 12.1 Å². The summed E-state index contributed by atoms with van der Waals surface area (Å²) in [6.07, 6.45) is 0.651. The van der Waals surface area contributed by atoms with E-state index in [0.717, 1.165) is 22.6 Å². The third-order valence-corrected chi connectivity index (χ3v) is 2.59. The zero-order valence-corrected chi connectivity index (χ0v) is 10.2. The van der Waals surface area contributed by atoms with Crippen LogP contribution in [0, 0.1) is 0 Å². The molecule has 4 heteroatoms. The minimum atomic E-state index is 0.157. The highest BCUT2D eigenvalue weighted by molar-refractivity contribution is 5.76. The molecule has 0 atom stereocenters. The molecule has 17 heavy (non-hydrogen) atoms. The Labute approximate surface area is 101 Å². The Morgan fingerprint density at radius 2 is 2.24 bits per heavy atom. The SMILES string of the molecule is CC(C)c1nc2ccc(OCCCO)cc2[nH]1. The van der Waals surface area contributed by atoms with Gasteiger partial charge in [0.2, 0.25) is 0 Å². The van der Waals surface area contributed by atoms with Crippen molar-refractivity contribution in [3.05, 3.63) is 24.0 Å². The number of hydrogen-bond donors (Lipinski definition) is 2. The third kappa shape index (κ3) is 2.77. The highest BCUT2D eigenvalue weighted by atomic mass is 16.5. The van der Waals surface area contributed by atoms with Gasteiger partial charge >= 0.3 is 0 Å². The lowest BCUT2D eigenvalue weighted by molar-refractivity contribution is 0.233. The van der Waals surface area contributed by atoms with Gasteiger partial charge in [0.15, 0.2) is 0 Å². The first-order valence-electron chi connectivity index (χ1n) is 5.94. The van der Waals surface area contributed by atoms with E-state index in [1.165, 1.54) is 0 Å². The fourth-order valence-electron chi connectivity index (χ4n) is 1.63. The minimum Gasteiger partial charge on any atom is -0.493 e. The number of aliphatic hydroxyl groups is 1. The first-order valence-corrected chi connectivity index (χ1v) is 5.94. The maximum Gasteiger partial charge on any atom is 0.121 e. The number of ether oxygens (including phenoxy) is 1. The Hall–Kier alpha value is -1.55. The number of benzene rings is 1. The maximum absolute atomic E-state index is 8.68. The van der Waals surface area contributed by atoms with Crippen LogP contribution >= 0.6 is 0 Å².